The van der Waals surface area contributed by atoms with Gasteiger partial charge < -0.3 is 14.4 Å². The van der Waals surface area contributed by atoms with Crippen LogP contribution in [0.25, 0.3) is 0 Å². The summed E-state index contributed by atoms with van der Waals surface area (Å²) in [6.07, 6.45) is 8.68. The minimum absolute atomic E-state index is 0.317. The second-order valence-corrected chi connectivity index (χ2v) is 8.74. The van der Waals surface area contributed by atoms with E-state index >= 15 is 0 Å². The molecule has 1 aromatic carbocycles. The number of ether oxygens (including phenoxy) is 2. The molecule has 5 nitrogen and oxygen atoms in total. The molecule has 2 fully saturated rings. The van der Waals surface area contributed by atoms with Gasteiger partial charge in [-0.25, -0.2) is 0 Å². The average molecular weight is 386 g/mol. The van der Waals surface area contributed by atoms with Crippen LogP contribution in [0.5, 0.6) is 11.5 Å². The van der Waals surface area contributed by atoms with Crippen molar-refractivity contribution in [3.05, 3.63) is 23.8 Å². The molecule has 3 aliphatic rings. The third-order valence-corrected chi connectivity index (χ3v) is 6.76. The molecule has 0 radical (unpaired) electrons. The molecular weight excluding hydrogens is 350 g/mol. The highest BCUT2D eigenvalue weighted by molar-refractivity contribution is 5.89. The van der Waals surface area contributed by atoms with Crippen molar-refractivity contribution in [3.63, 3.8) is 0 Å². The fourth-order valence-corrected chi connectivity index (χ4v) is 5.12. The Morgan fingerprint density at radius 2 is 1.71 bits per heavy atom. The maximum atomic E-state index is 6.29. The van der Waals surface area contributed by atoms with Crippen LogP contribution in [0.15, 0.2) is 23.3 Å². The molecule has 2 atom stereocenters. The number of rotatable bonds is 5. The molecule has 0 bridgehead atoms. The Labute approximate surface area is 169 Å². The van der Waals surface area contributed by atoms with Crippen LogP contribution in [0.3, 0.4) is 0 Å². The average Bonchev–Trinajstić information content (AvgIpc) is 3.16. The SMILES string of the molecule is COc1cc(OC2CCN(C)CC2)ccc1C1CCCCC1C1=NN(C)CC1. The van der Waals surface area contributed by atoms with Crippen LogP contribution in [0, 0.1) is 5.92 Å². The zero-order valence-electron chi connectivity index (χ0n) is 17.7. The Morgan fingerprint density at radius 1 is 0.964 bits per heavy atom. The number of methoxy groups -OCH3 is 1. The van der Waals surface area contributed by atoms with Gasteiger partial charge in [0, 0.05) is 50.8 Å². The van der Waals surface area contributed by atoms with E-state index in [-0.39, 0.29) is 0 Å². The third-order valence-electron chi connectivity index (χ3n) is 6.76. The van der Waals surface area contributed by atoms with E-state index in [4.69, 9.17) is 14.6 Å². The number of hydrogen-bond acceptors (Lipinski definition) is 5. The van der Waals surface area contributed by atoms with Crippen molar-refractivity contribution in [2.45, 2.75) is 57.0 Å². The Bertz CT molecular complexity index is 697. The Balaban J connectivity index is 1.52. The lowest BCUT2D eigenvalue weighted by atomic mass is 9.72. The summed E-state index contributed by atoms with van der Waals surface area (Å²) in [4.78, 5) is 2.37. The van der Waals surface area contributed by atoms with Crippen molar-refractivity contribution in [2.24, 2.45) is 11.0 Å². The molecule has 2 aliphatic heterocycles. The largest absolute Gasteiger partial charge is 0.496 e. The number of likely N-dealkylation sites (tertiary alicyclic amines) is 1. The lowest BCUT2D eigenvalue weighted by Gasteiger charge is -2.33. The standard InChI is InChI=1S/C23H35N3O2/c1-25-13-10-17(11-14-25)28-18-8-9-21(23(16-18)27-3)19-6-4-5-7-20(19)22-12-15-26(2)24-22/h8-9,16-17,19-20H,4-7,10-15H2,1-3H3. The second-order valence-electron chi connectivity index (χ2n) is 8.74. The van der Waals surface area contributed by atoms with Gasteiger partial charge in [-0.05, 0) is 50.3 Å². The van der Waals surface area contributed by atoms with E-state index in [1.165, 1.54) is 37.0 Å². The van der Waals surface area contributed by atoms with Crippen LogP contribution in [-0.2, 0) is 0 Å². The molecule has 2 heterocycles. The van der Waals surface area contributed by atoms with Crippen LogP contribution in [0.4, 0.5) is 0 Å². The smallest absolute Gasteiger partial charge is 0.126 e. The lowest BCUT2D eigenvalue weighted by molar-refractivity contribution is 0.114. The predicted octanol–water partition coefficient (Wildman–Crippen LogP) is 4.13. The number of hydrogen-bond donors (Lipinski definition) is 0. The molecule has 154 valence electrons. The minimum atomic E-state index is 0.317. The molecule has 1 aromatic rings. The van der Waals surface area contributed by atoms with Crippen molar-refractivity contribution in [1.29, 1.82) is 0 Å². The van der Waals surface area contributed by atoms with E-state index in [9.17, 15) is 0 Å². The fourth-order valence-electron chi connectivity index (χ4n) is 5.12. The molecule has 1 aliphatic carbocycles. The van der Waals surface area contributed by atoms with Gasteiger partial charge in [0.15, 0.2) is 0 Å². The predicted molar refractivity (Wildman–Crippen MR) is 114 cm³/mol. The normalized spacial score (nSPS) is 27.0. The van der Waals surface area contributed by atoms with Crippen molar-refractivity contribution in [3.8, 4) is 11.5 Å². The van der Waals surface area contributed by atoms with Crippen molar-refractivity contribution in [2.75, 3.05) is 40.8 Å². The van der Waals surface area contributed by atoms with Gasteiger partial charge in [0.25, 0.3) is 0 Å². The Hall–Kier alpha value is -1.75. The summed E-state index contributed by atoms with van der Waals surface area (Å²) in [5.74, 6) is 2.98. The lowest BCUT2D eigenvalue weighted by Crippen LogP contribution is -2.35. The minimum Gasteiger partial charge on any atom is -0.496 e. The zero-order valence-corrected chi connectivity index (χ0v) is 17.7. The molecule has 28 heavy (non-hydrogen) atoms. The maximum Gasteiger partial charge on any atom is 0.126 e. The molecule has 0 N–H and O–H groups in total. The highest BCUT2D eigenvalue weighted by Gasteiger charge is 2.34. The molecule has 0 aromatic heterocycles. The molecule has 1 saturated heterocycles. The zero-order chi connectivity index (χ0) is 19.5. The van der Waals surface area contributed by atoms with Gasteiger partial charge in [0.1, 0.15) is 17.6 Å². The first kappa shape index (κ1) is 19.6. The summed E-state index contributed by atoms with van der Waals surface area (Å²) >= 11 is 0. The first-order chi connectivity index (χ1) is 13.6. The fraction of sp³-hybridized carbons (Fsp3) is 0.696. The van der Waals surface area contributed by atoms with Crippen molar-refractivity contribution < 1.29 is 9.47 Å². The summed E-state index contributed by atoms with van der Waals surface area (Å²) in [7, 11) is 6.05. The number of piperidine rings is 1. The van der Waals surface area contributed by atoms with Gasteiger partial charge in [0.05, 0.1) is 7.11 Å². The highest BCUT2D eigenvalue weighted by atomic mass is 16.5. The van der Waals surface area contributed by atoms with Crippen molar-refractivity contribution in [1.82, 2.24) is 9.91 Å². The van der Waals surface area contributed by atoms with Crippen molar-refractivity contribution >= 4 is 5.71 Å². The summed E-state index contributed by atoms with van der Waals surface area (Å²) in [5.41, 5.74) is 2.72. The van der Waals surface area contributed by atoms with E-state index in [0.717, 1.165) is 50.4 Å². The van der Waals surface area contributed by atoms with Gasteiger partial charge in [-0.3, -0.25) is 5.01 Å². The third kappa shape index (κ3) is 4.29. The molecular formula is C23H35N3O2. The first-order valence-corrected chi connectivity index (χ1v) is 11.0. The van der Waals surface area contributed by atoms with Crippen LogP contribution in [0.2, 0.25) is 0 Å². The van der Waals surface area contributed by atoms with Gasteiger partial charge in [-0.1, -0.05) is 18.9 Å². The van der Waals surface area contributed by atoms with Gasteiger partial charge in [-0.2, -0.15) is 5.10 Å². The summed E-state index contributed by atoms with van der Waals surface area (Å²) in [6.45, 7) is 3.28. The van der Waals surface area contributed by atoms with E-state index in [1.807, 2.05) is 0 Å². The van der Waals surface area contributed by atoms with Crippen LogP contribution >= 0.6 is 0 Å². The van der Waals surface area contributed by atoms with E-state index < -0.39 is 0 Å². The van der Waals surface area contributed by atoms with Gasteiger partial charge >= 0.3 is 0 Å². The van der Waals surface area contributed by atoms with Gasteiger partial charge in [-0.15, -0.1) is 0 Å². The summed E-state index contributed by atoms with van der Waals surface area (Å²) < 4.78 is 12.1. The highest BCUT2D eigenvalue weighted by Crippen LogP contribution is 2.44. The van der Waals surface area contributed by atoms with Crippen LogP contribution in [-0.4, -0.2) is 62.6 Å². The Morgan fingerprint density at radius 3 is 2.39 bits per heavy atom. The summed E-state index contributed by atoms with van der Waals surface area (Å²) in [6, 6.07) is 6.53. The van der Waals surface area contributed by atoms with Crippen LogP contribution < -0.4 is 9.47 Å². The number of hydrazone groups is 1. The van der Waals surface area contributed by atoms with E-state index in [2.05, 4.69) is 42.2 Å². The van der Waals surface area contributed by atoms with E-state index in [1.54, 1.807) is 7.11 Å². The summed E-state index contributed by atoms with van der Waals surface area (Å²) in [5, 5.41) is 6.92. The monoisotopic (exact) mass is 385 g/mol. The molecule has 1 saturated carbocycles. The van der Waals surface area contributed by atoms with E-state index in [0.29, 0.717) is 17.9 Å². The molecule has 2 unspecified atom stereocenters. The molecule has 0 spiro atoms. The molecule has 0 amide bonds. The molecule has 5 heteroatoms. The molecule has 4 rings (SSSR count). The number of benzene rings is 1. The second kappa shape index (κ2) is 8.73. The van der Waals surface area contributed by atoms with Gasteiger partial charge in [0.2, 0.25) is 0 Å². The maximum absolute atomic E-state index is 6.29. The first-order valence-electron chi connectivity index (χ1n) is 11.0. The van der Waals surface area contributed by atoms with Crippen LogP contribution in [0.1, 0.15) is 56.4 Å². The quantitative estimate of drug-likeness (QED) is 0.764. The Kier molecular flexibility index (Phi) is 6.10. The number of nitrogens with zero attached hydrogens (tertiary/aromatic N) is 3. The topological polar surface area (TPSA) is 37.3 Å².